The van der Waals surface area contributed by atoms with Gasteiger partial charge in [-0.25, -0.2) is 9.78 Å². The van der Waals surface area contributed by atoms with E-state index in [-0.39, 0.29) is 6.01 Å². The van der Waals surface area contributed by atoms with Gasteiger partial charge in [0.2, 0.25) is 0 Å². The van der Waals surface area contributed by atoms with Gasteiger partial charge in [0.05, 0.1) is 6.20 Å². The Labute approximate surface area is 200 Å². The van der Waals surface area contributed by atoms with Crippen molar-refractivity contribution in [1.29, 1.82) is 0 Å². The van der Waals surface area contributed by atoms with E-state index >= 15 is 0 Å². The Balaban J connectivity index is 2.10. The van der Waals surface area contributed by atoms with E-state index in [0.29, 0.717) is 5.75 Å². The summed E-state index contributed by atoms with van der Waals surface area (Å²) in [5.41, 5.74) is 1.40. The standard InChI is InChI=1S/C26H46N2O3S/c1-20(2)9-6-10-21(3)11-7-12-22(4)13-8-14-23(5)15-18-32-19-24(25(29)30)28-26-27-16-17-31-26/h15-17,20-22,24H,6-14,18-19H2,1-5H3,(H,27,28)(H,29,30)/b23-15+. The average molecular weight is 467 g/mol. The first kappa shape index (κ1) is 28.6. The Morgan fingerprint density at radius 2 is 1.72 bits per heavy atom. The first-order valence-electron chi connectivity index (χ1n) is 12.4. The minimum absolute atomic E-state index is 0.249. The van der Waals surface area contributed by atoms with Crippen LogP contribution in [0.2, 0.25) is 0 Å². The Kier molecular flexibility index (Phi) is 15.3. The van der Waals surface area contributed by atoms with Gasteiger partial charge in [-0.05, 0) is 37.5 Å². The van der Waals surface area contributed by atoms with Gasteiger partial charge in [-0.15, -0.1) is 0 Å². The molecule has 0 aliphatic rings. The minimum atomic E-state index is -0.893. The fraction of sp³-hybridized carbons (Fsp3) is 0.769. The number of oxazole rings is 1. The predicted octanol–water partition coefficient (Wildman–Crippen LogP) is 7.66. The van der Waals surface area contributed by atoms with E-state index in [1.807, 2.05) is 0 Å². The maximum absolute atomic E-state index is 11.4. The molecule has 0 saturated carbocycles. The van der Waals surface area contributed by atoms with Crippen molar-refractivity contribution in [3.05, 3.63) is 24.1 Å². The average Bonchev–Trinajstić information content (AvgIpc) is 3.23. The minimum Gasteiger partial charge on any atom is -0.480 e. The lowest BCUT2D eigenvalue weighted by molar-refractivity contribution is -0.137. The molecular weight excluding hydrogens is 420 g/mol. The lowest BCUT2D eigenvalue weighted by atomic mass is 9.91. The van der Waals surface area contributed by atoms with Crippen molar-refractivity contribution < 1.29 is 14.3 Å². The Morgan fingerprint density at radius 3 is 2.28 bits per heavy atom. The summed E-state index contributed by atoms with van der Waals surface area (Å²) in [6.45, 7) is 11.6. The van der Waals surface area contributed by atoms with E-state index < -0.39 is 12.0 Å². The predicted molar refractivity (Wildman–Crippen MR) is 137 cm³/mol. The number of rotatable bonds is 19. The molecule has 1 rings (SSSR count). The molecule has 0 radical (unpaired) electrons. The second-order valence-electron chi connectivity index (χ2n) is 9.82. The van der Waals surface area contributed by atoms with Crippen LogP contribution in [0.1, 0.15) is 92.4 Å². The summed E-state index contributed by atoms with van der Waals surface area (Å²) >= 11 is 1.61. The zero-order valence-corrected chi connectivity index (χ0v) is 21.8. The van der Waals surface area contributed by atoms with Gasteiger partial charge in [0.15, 0.2) is 0 Å². The van der Waals surface area contributed by atoms with Gasteiger partial charge >= 0.3 is 5.97 Å². The van der Waals surface area contributed by atoms with E-state index in [1.54, 1.807) is 11.8 Å². The molecule has 184 valence electrons. The molecule has 1 aromatic rings. The third kappa shape index (κ3) is 14.6. The maximum Gasteiger partial charge on any atom is 0.327 e. The van der Waals surface area contributed by atoms with Crippen LogP contribution in [-0.2, 0) is 4.79 Å². The third-order valence-corrected chi connectivity index (χ3v) is 6.97. The number of hydrogen-bond donors (Lipinski definition) is 2. The summed E-state index contributed by atoms with van der Waals surface area (Å²) in [4.78, 5) is 15.3. The van der Waals surface area contributed by atoms with Crippen molar-refractivity contribution >= 4 is 23.7 Å². The Morgan fingerprint density at radius 1 is 1.09 bits per heavy atom. The van der Waals surface area contributed by atoms with Crippen molar-refractivity contribution in [2.75, 3.05) is 16.8 Å². The van der Waals surface area contributed by atoms with E-state index in [1.165, 1.54) is 69.4 Å². The number of carboxylic acid groups (broad SMARTS) is 1. The Hall–Kier alpha value is -1.43. The summed E-state index contributed by atoms with van der Waals surface area (Å²) in [5, 5.41) is 12.2. The lowest BCUT2D eigenvalue weighted by Gasteiger charge is -2.15. The zero-order valence-electron chi connectivity index (χ0n) is 20.9. The maximum atomic E-state index is 11.4. The number of nitrogens with zero attached hydrogens (tertiary/aromatic N) is 1. The molecule has 0 bridgehead atoms. The van der Waals surface area contributed by atoms with Crippen LogP contribution >= 0.6 is 11.8 Å². The van der Waals surface area contributed by atoms with Crippen LogP contribution in [0.25, 0.3) is 0 Å². The molecule has 0 saturated heterocycles. The summed E-state index contributed by atoms with van der Waals surface area (Å²) in [5.74, 6) is 2.91. The number of carboxylic acids is 1. The van der Waals surface area contributed by atoms with E-state index in [9.17, 15) is 9.90 Å². The molecule has 3 atom stereocenters. The number of hydrogen-bond acceptors (Lipinski definition) is 5. The summed E-state index contributed by atoms with van der Waals surface area (Å²) in [6.07, 6.45) is 17.0. The van der Waals surface area contributed by atoms with Gasteiger partial charge in [-0.3, -0.25) is 0 Å². The summed E-state index contributed by atoms with van der Waals surface area (Å²) in [6, 6.07) is -0.453. The molecule has 0 aliphatic heterocycles. The highest BCUT2D eigenvalue weighted by atomic mass is 32.2. The van der Waals surface area contributed by atoms with Gasteiger partial charge < -0.3 is 14.8 Å². The van der Waals surface area contributed by atoms with Crippen molar-refractivity contribution in [2.24, 2.45) is 17.8 Å². The monoisotopic (exact) mass is 466 g/mol. The number of carbonyl (C=O) groups is 1. The number of aliphatic carboxylic acids is 1. The molecule has 0 spiro atoms. The number of allylic oxidation sites excluding steroid dienone is 1. The lowest BCUT2D eigenvalue weighted by Crippen LogP contribution is -2.31. The van der Waals surface area contributed by atoms with Crippen LogP contribution in [0.4, 0.5) is 6.01 Å². The first-order valence-corrected chi connectivity index (χ1v) is 13.6. The molecule has 0 fully saturated rings. The largest absolute Gasteiger partial charge is 0.480 e. The number of thioether (sulfide) groups is 1. The molecule has 3 unspecified atom stereocenters. The van der Waals surface area contributed by atoms with Crippen LogP contribution in [-0.4, -0.2) is 33.6 Å². The van der Waals surface area contributed by atoms with Gasteiger partial charge in [0.1, 0.15) is 12.3 Å². The molecule has 5 nitrogen and oxygen atoms in total. The molecule has 0 amide bonds. The highest BCUT2D eigenvalue weighted by Crippen LogP contribution is 2.22. The molecule has 2 N–H and O–H groups in total. The highest BCUT2D eigenvalue weighted by Gasteiger charge is 2.18. The molecule has 32 heavy (non-hydrogen) atoms. The van der Waals surface area contributed by atoms with Gasteiger partial charge in [-0.1, -0.05) is 84.3 Å². The van der Waals surface area contributed by atoms with Gasteiger partial charge in [0, 0.05) is 11.5 Å². The second-order valence-corrected chi connectivity index (χ2v) is 10.9. The second kappa shape index (κ2) is 17.1. The zero-order chi connectivity index (χ0) is 23.8. The first-order chi connectivity index (χ1) is 15.3. The van der Waals surface area contributed by atoms with Crippen LogP contribution in [0.3, 0.4) is 0 Å². The third-order valence-electron chi connectivity index (χ3n) is 6.00. The topological polar surface area (TPSA) is 75.4 Å². The highest BCUT2D eigenvalue weighted by molar-refractivity contribution is 7.99. The van der Waals surface area contributed by atoms with Crippen molar-refractivity contribution in [1.82, 2.24) is 4.98 Å². The van der Waals surface area contributed by atoms with Crippen LogP contribution in [0.15, 0.2) is 28.5 Å². The summed E-state index contributed by atoms with van der Waals surface area (Å²) < 4.78 is 5.07. The number of nitrogens with one attached hydrogen (secondary N) is 1. The van der Waals surface area contributed by atoms with Crippen molar-refractivity contribution in [2.45, 2.75) is 98.4 Å². The van der Waals surface area contributed by atoms with E-state index in [4.69, 9.17) is 4.42 Å². The number of anilines is 1. The molecular formula is C26H46N2O3S. The molecule has 0 aromatic carbocycles. The van der Waals surface area contributed by atoms with Crippen LogP contribution in [0, 0.1) is 17.8 Å². The quantitative estimate of drug-likeness (QED) is 0.161. The Bertz CT molecular complexity index is 631. The summed E-state index contributed by atoms with van der Waals surface area (Å²) in [7, 11) is 0. The van der Waals surface area contributed by atoms with E-state index in [0.717, 1.165) is 29.9 Å². The SMILES string of the molecule is C/C(=C\CSCC(Nc1ncco1)C(=O)O)CCCC(C)CCCC(C)CCCC(C)C. The van der Waals surface area contributed by atoms with Gasteiger partial charge in [0.25, 0.3) is 6.01 Å². The number of aromatic nitrogens is 1. The van der Waals surface area contributed by atoms with Gasteiger partial charge in [-0.2, -0.15) is 11.8 Å². The normalized spacial score (nSPS) is 15.0. The fourth-order valence-corrected chi connectivity index (χ4v) is 4.82. The smallest absolute Gasteiger partial charge is 0.327 e. The fourth-order valence-electron chi connectivity index (χ4n) is 3.81. The molecule has 1 aromatic heterocycles. The molecule has 0 aliphatic carbocycles. The van der Waals surface area contributed by atoms with Crippen molar-refractivity contribution in [3.63, 3.8) is 0 Å². The van der Waals surface area contributed by atoms with E-state index in [2.05, 4.69) is 51.0 Å². The van der Waals surface area contributed by atoms with Crippen LogP contribution in [0.5, 0.6) is 0 Å². The van der Waals surface area contributed by atoms with Crippen LogP contribution < -0.4 is 5.32 Å². The van der Waals surface area contributed by atoms with Crippen molar-refractivity contribution in [3.8, 4) is 0 Å². The molecule has 1 heterocycles. The molecule has 6 heteroatoms.